The second-order valence-corrected chi connectivity index (χ2v) is 5.49. The summed E-state index contributed by atoms with van der Waals surface area (Å²) in [4.78, 5) is 12.3. The van der Waals surface area contributed by atoms with E-state index in [1.165, 1.54) is 10.8 Å². The Bertz CT molecular complexity index is 885. The number of aromatic nitrogens is 4. The van der Waals surface area contributed by atoms with Crippen LogP contribution >= 0.6 is 0 Å². The third-order valence-electron chi connectivity index (χ3n) is 3.81. The first-order chi connectivity index (χ1) is 11.3. The number of ether oxygens (including phenoxy) is 1. The fourth-order valence-electron chi connectivity index (χ4n) is 2.49. The van der Waals surface area contributed by atoms with Crippen LogP contribution in [0.5, 0.6) is 5.75 Å². The summed E-state index contributed by atoms with van der Waals surface area (Å²) in [5.41, 5.74) is 2.52. The maximum absolute atomic E-state index is 12.3. The number of nitrogens with one attached hydrogen (secondary N) is 1. The maximum atomic E-state index is 12.3. The minimum Gasteiger partial charge on any atom is -0.496 e. The van der Waals surface area contributed by atoms with Gasteiger partial charge in [-0.1, -0.05) is 18.2 Å². The van der Waals surface area contributed by atoms with Crippen LogP contribution in [0.25, 0.3) is 16.8 Å². The van der Waals surface area contributed by atoms with E-state index in [1.807, 2.05) is 24.3 Å². The molecule has 1 amide bonds. The third-order valence-corrected chi connectivity index (χ3v) is 3.81. The van der Waals surface area contributed by atoms with Crippen molar-refractivity contribution < 1.29 is 9.53 Å². The molecule has 1 N–H and O–H groups in total. The number of hydrogen-bond donors (Lipinski definition) is 1. The zero-order valence-corrected chi connectivity index (χ0v) is 12.6. The summed E-state index contributed by atoms with van der Waals surface area (Å²) in [6.45, 7) is 0. The Balaban J connectivity index is 1.87. The van der Waals surface area contributed by atoms with Gasteiger partial charge in [-0.15, -0.1) is 10.2 Å². The molecule has 2 heterocycles. The van der Waals surface area contributed by atoms with Crippen molar-refractivity contribution in [1.29, 1.82) is 0 Å². The van der Waals surface area contributed by atoms with Crippen molar-refractivity contribution in [2.45, 2.75) is 18.9 Å². The van der Waals surface area contributed by atoms with Crippen LogP contribution in [0.3, 0.4) is 0 Å². The van der Waals surface area contributed by atoms with Crippen LogP contribution in [0, 0.1) is 0 Å². The van der Waals surface area contributed by atoms with Crippen molar-refractivity contribution in [3.63, 3.8) is 0 Å². The molecule has 1 saturated carbocycles. The number of carbonyl (C=O) groups excluding carboxylic acids is 1. The number of rotatable bonds is 4. The van der Waals surface area contributed by atoms with Crippen molar-refractivity contribution in [2.75, 3.05) is 7.11 Å². The van der Waals surface area contributed by atoms with Crippen molar-refractivity contribution in [3.8, 4) is 16.9 Å². The lowest BCUT2D eigenvalue weighted by Crippen LogP contribution is -2.27. The van der Waals surface area contributed by atoms with Gasteiger partial charge in [0.05, 0.1) is 7.11 Å². The van der Waals surface area contributed by atoms with E-state index < -0.39 is 0 Å². The van der Waals surface area contributed by atoms with Crippen LogP contribution in [0.4, 0.5) is 0 Å². The quantitative estimate of drug-likeness (QED) is 0.793. The van der Waals surface area contributed by atoms with E-state index in [1.54, 1.807) is 13.2 Å². The molecule has 23 heavy (non-hydrogen) atoms. The van der Waals surface area contributed by atoms with E-state index in [0.29, 0.717) is 17.1 Å². The number of hydrogen-bond acceptors (Lipinski definition) is 5. The van der Waals surface area contributed by atoms with Gasteiger partial charge in [0.2, 0.25) is 0 Å². The van der Waals surface area contributed by atoms with E-state index in [-0.39, 0.29) is 11.9 Å². The highest BCUT2D eigenvalue weighted by Gasteiger charge is 2.25. The fraction of sp³-hybridized carbons (Fsp3) is 0.250. The average Bonchev–Trinajstić information content (AvgIpc) is 3.26. The van der Waals surface area contributed by atoms with Gasteiger partial charge in [0.15, 0.2) is 5.65 Å². The van der Waals surface area contributed by atoms with Gasteiger partial charge in [0.25, 0.3) is 5.91 Å². The van der Waals surface area contributed by atoms with Crippen molar-refractivity contribution in [3.05, 3.63) is 42.4 Å². The molecule has 0 saturated heterocycles. The number of fused-ring (bicyclic) bond motifs is 1. The van der Waals surface area contributed by atoms with Gasteiger partial charge in [-0.25, -0.2) is 0 Å². The fourth-order valence-corrected chi connectivity index (χ4v) is 2.49. The highest BCUT2D eigenvalue weighted by Crippen LogP contribution is 2.32. The topological polar surface area (TPSA) is 81.4 Å². The number of benzene rings is 1. The van der Waals surface area contributed by atoms with Gasteiger partial charge in [0.1, 0.15) is 17.8 Å². The number of amides is 1. The molecule has 0 unspecified atom stereocenters. The number of carbonyl (C=O) groups is 1. The van der Waals surface area contributed by atoms with Gasteiger partial charge in [0, 0.05) is 17.2 Å². The van der Waals surface area contributed by atoms with Crippen LogP contribution in [0.2, 0.25) is 0 Å². The van der Waals surface area contributed by atoms with Crippen LogP contribution in [-0.2, 0) is 0 Å². The Kier molecular flexibility index (Phi) is 3.18. The molecule has 0 radical (unpaired) electrons. The molecule has 4 rings (SSSR count). The summed E-state index contributed by atoms with van der Waals surface area (Å²) in [6.07, 6.45) is 3.54. The van der Waals surface area contributed by atoms with E-state index in [4.69, 9.17) is 4.74 Å². The summed E-state index contributed by atoms with van der Waals surface area (Å²) in [7, 11) is 1.61. The van der Waals surface area contributed by atoms with Gasteiger partial charge in [-0.2, -0.15) is 9.61 Å². The Labute approximate surface area is 132 Å². The van der Waals surface area contributed by atoms with E-state index in [9.17, 15) is 4.79 Å². The maximum Gasteiger partial charge on any atom is 0.271 e. The Morgan fingerprint density at radius 1 is 1.30 bits per heavy atom. The summed E-state index contributed by atoms with van der Waals surface area (Å²) in [6, 6.07) is 9.60. The Hall–Kier alpha value is -2.96. The van der Waals surface area contributed by atoms with E-state index >= 15 is 0 Å². The predicted octanol–water partition coefficient (Wildman–Crippen LogP) is 1.69. The average molecular weight is 309 g/mol. The van der Waals surface area contributed by atoms with Crippen LogP contribution < -0.4 is 10.1 Å². The Morgan fingerprint density at radius 2 is 2.13 bits per heavy atom. The minimum atomic E-state index is -0.181. The molecule has 3 aromatic rings. The second-order valence-electron chi connectivity index (χ2n) is 5.49. The molecule has 7 heteroatoms. The highest BCUT2D eigenvalue weighted by molar-refractivity contribution is 5.95. The standard InChI is InChI=1S/C16H15N5O2/c1-23-14-5-3-2-4-11(14)12-8-13(16(22)18-10-6-7-10)20-21-9-17-19-15(12)21/h2-5,8-10H,6-7H2,1H3,(H,18,22). The molecule has 2 aromatic heterocycles. The molecule has 1 aliphatic carbocycles. The molecule has 0 atom stereocenters. The largest absolute Gasteiger partial charge is 0.496 e. The first-order valence-electron chi connectivity index (χ1n) is 7.41. The van der Waals surface area contributed by atoms with Crippen molar-refractivity contribution in [2.24, 2.45) is 0 Å². The molecule has 1 aliphatic rings. The van der Waals surface area contributed by atoms with Crippen molar-refractivity contribution >= 4 is 11.6 Å². The summed E-state index contributed by atoms with van der Waals surface area (Å²) >= 11 is 0. The molecule has 116 valence electrons. The molecule has 1 aromatic carbocycles. The van der Waals surface area contributed by atoms with E-state index in [0.717, 1.165) is 24.0 Å². The van der Waals surface area contributed by atoms with Crippen LogP contribution in [-0.4, -0.2) is 38.9 Å². The SMILES string of the molecule is COc1ccccc1-c1cc(C(=O)NC2CC2)nn2cnnc12. The zero-order chi connectivity index (χ0) is 15.8. The molecule has 7 nitrogen and oxygen atoms in total. The molecular formula is C16H15N5O2. The monoisotopic (exact) mass is 309 g/mol. The number of methoxy groups -OCH3 is 1. The summed E-state index contributed by atoms with van der Waals surface area (Å²) in [5.74, 6) is 0.524. The predicted molar refractivity (Wildman–Crippen MR) is 83.3 cm³/mol. The lowest BCUT2D eigenvalue weighted by Gasteiger charge is -2.10. The molecular weight excluding hydrogens is 294 g/mol. The third kappa shape index (κ3) is 2.50. The first kappa shape index (κ1) is 13.7. The highest BCUT2D eigenvalue weighted by atomic mass is 16.5. The molecule has 1 fully saturated rings. The van der Waals surface area contributed by atoms with Gasteiger partial charge in [-0.05, 0) is 25.0 Å². The number of nitrogens with zero attached hydrogens (tertiary/aromatic N) is 4. The lowest BCUT2D eigenvalue weighted by atomic mass is 10.1. The Morgan fingerprint density at radius 3 is 2.91 bits per heavy atom. The lowest BCUT2D eigenvalue weighted by molar-refractivity contribution is 0.0945. The second kappa shape index (κ2) is 5.35. The smallest absolute Gasteiger partial charge is 0.271 e. The summed E-state index contributed by atoms with van der Waals surface area (Å²) in [5, 5.41) is 15.2. The van der Waals surface area contributed by atoms with Crippen LogP contribution in [0.1, 0.15) is 23.3 Å². The van der Waals surface area contributed by atoms with Gasteiger partial charge >= 0.3 is 0 Å². The molecule has 0 aliphatic heterocycles. The normalized spacial score (nSPS) is 14.0. The number of para-hydroxylation sites is 1. The zero-order valence-electron chi connectivity index (χ0n) is 12.6. The van der Waals surface area contributed by atoms with Gasteiger partial charge < -0.3 is 10.1 Å². The first-order valence-corrected chi connectivity index (χ1v) is 7.41. The van der Waals surface area contributed by atoms with Crippen LogP contribution in [0.15, 0.2) is 36.7 Å². The van der Waals surface area contributed by atoms with Crippen molar-refractivity contribution in [1.82, 2.24) is 25.1 Å². The summed E-state index contributed by atoms with van der Waals surface area (Å²) < 4.78 is 6.94. The molecule has 0 bridgehead atoms. The van der Waals surface area contributed by atoms with Gasteiger partial charge in [-0.3, -0.25) is 4.79 Å². The molecule has 0 spiro atoms. The minimum absolute atomic E-state index is 0.181. The van der Waals surface area contributed by atoms with E-state index in [2.05, 4.69) is 20.6 Å².